The fraction of sp³-hybridized carbons (Fsp3) is 0. The van der Waals surface area contributed by atoms with E-state index in [1.165, 1.54) is 6.07 Å². The van der Waals surface area contributed by atoms with Gasteiger partial charge in [-0.3, -0.25) is 9.59 Å². The van der Waals surface area contributed by atoms with Crippen LogP contribution in [0.3, 0.4) is 0 Å². The number of aromatic amines is 1. The number of benzene rings is 1. The van der Waals surface area contributed by atoms with Crippen molar-refractivity contribution >= 4 is 6.29 Å². The summed E-state index contributed by atoms with van der Waals surface area (Å²) >= 11 is 0. The maximum absolute atomic E-state index is 11.5. The molecule has 0 atom stereocenters. The molecule has 1 N–H and O–H groups in total. The van der Waals surface area contributed by atoms with Crippen LogP contribution in [0, 0.1) is 0 Å². The molecule has 22 heavy (non-hydrogen) atoms. The van der Waals surface area contributed by atoms with Gasteiger partial charge in [-0.1, -0.05) is 0 Å². The summed E-state index contributed by atoms with van der Waals surface area (Å²) in [6, 6.07) is 13.6. The largest absolute Gasteiger partial charge is 0.438 e. The molecule has 0 radical (unpaired) electrons. The Morgan fingerprint density at radius 1 is 1.09 bits per heavy atom. The number of hydrogen-bond donors (Lipinski definition) is 1. The lowest BCUT2D eigenvalue weighted by Gasteiger charge is -2.09. The second-order valence-electron chi connectivity index (χ2n) is 4.59. The Morgan fingerprint density at radius 2 is 1.91 bits per heavy atom. The van der Waals surface area contributed by atoms with Crippen molar-refractivity contribution in [1.29, 1.82) is 0 Å². The van der Waals surface area contributed by atoms with Gasteiger partial charge in [-0.15, -0.1) is 0 Å². The molecule has 3 aromatic rings. The van der Waals surface area contributed by atoms with Crippen molar-refractivity contribution in [3.05, 3.63) is 76.8 Å². The molecule has 0 fully saturated rings. The topological polar surface area (TPSA) is 72.0 Å². The van der Waals surface area contributed by atoms with E-state index in [1.807, 2.05) is 6.07 Å². The lowest BCUT2D eigenvalue weighted by Crippen LogP contribution is -2.02. The molecule has 0 aliphatic heterocycles. The van der Waals surface area contributed by atoms with Crippen LogP contribution in [0.4, 0.5) is 0 Å². The maximum atomic E-state index is 11.5. The first kappa shape index (κ1) is 13.8. The molecule has 2 heterocycles. The third-order valence-electron chi connectivity index (χ3n) is 3.09. The second-order valence-corrected chi connectivity index (χ2v) is 4.59. The molecule has 1 aromatic carbocycles. The molecular formula is C17H12N2O3. The molecule has 0 saturated heterocycles. The smallest absolute Gasteiger partial charge is 0.248 e. The molecular weight excluding hydrogens is 280 g/mol. The molecule has 2 aromatic heterocycles. The normalized spacial score (nSPS) is 10.2. The van der Waals surface area contributed by atoms with Crippen molar-refractivity contribution in [3.63, 3.8) is 0 Å². The summed E-state index contributed by atoms with van der Waals surface area (Å²) in [5.74, 6) is 0.961. The van der Waals surface area contributed by atoms with Gasteiger partial charge >= 0.3 is 0 Å². The van der Waals surface area contributed by atoms with E-state index in [-0.39, 0.29) is 5.56 Å². The van der Waals surface area contributed by atoms with Gasteiger partial charge in [0.2, 0.25) is 11.4 Å². The summed E-state index contributed by atoms with van der Waals surface area (Å²) in [5, 5.41) is 0. The fourth-order valence-corrected chi connectivity index (χ4v) is 2.03. The summed E-state index contributed by atoms with van der Waals surface area (Å²) in [4.78, 5) is 28.9. The third kappa shape index (κ3) is 2.93. The molecule has 0 unspecified atom stereocenters. The number of pyridine rings is 2. The highest BCUT2D eigenvalue weighted by Gasteiger charge is 2.09. The molecule has 0 spiro atoms. The quantitative estimate of drug-likeness (QED) is 0.750. The van der Waals surface area contributed by atoms with E-state index in [1.54, 1.807) is 48.8 Å². The van der Waals surface area contributed by atoms with Gasteiger partial charge < -0.3 is 9.72 Å². The van der Waals surface area contributed by atoms with E-state index in [0.717, 1.165) is 11.8 Å². The molecule has 5 heteroatoms. The van der Waals surface area contributed by atoms with Crippen LogP contribution in [0.15, 0.2) is 65.7 Å². The minimum atomic E-state index is -0.192. The molecule has 0 amide bonds. The van der Waals surface area contributed by atoms with E-state index in [4.69, 9.17) is 4.74 Å². The van der Waals surface area contributed by atoms with Crippen LogP contribution in [0.2, 0.25) is 0 Å². The highest BCUT2D eigenvalue weighted by atomic mass is 16.5. The average molecular weight is 292 g/mol. The van der Waals surface area contributed by atoms with Crippen molar-refractivity contribution in [3.8, 4) is 22.8 Å². The number of nitrogens with zero attached hydrogens (tertiary/aromatic N) is 1. The Labute approximate surface area is 126 Å². The zero-order chi connectivity index (χ0) is 15.4. The Hall–Kier alpha value is -3.21. The number of H-pyrrole nitrogens is 1. The van der Waals surface area contributed by atoms with Gasteiger partial charge in [0.25, 0.3) is 0 Å². The molecule has 0 aliphatic carbocycles. The van der Waals surface area contributed by atoms with Gasteiger partial charge in [0.1, 0.15) is 12.0 Å². The Bertz CT molecular complexity index is 854. The first-order valence-electron chi connectivity index (χ1n) is 6.63. The van der Waals surface area contributed by atoms with Gasteiger partial charge in [-0.05, 0) is 48.0 Å². The molecule has 108 valence electrons. The van der Waals surface area contributed by atoms with Crippen LogP contribution < -0.4 is 10.3 Å². The zero-order valence-electron chi connectivity index (χ0n) is 11.5. The molecule has 0 bridgehead atoms. The number of aldehydes is 1. The highest BCUT2D eigenvalue weighted by molar-refractivity contribution is 5.75. The number of carbonyl (C=O) groups excluding carboxylic acids is 1. The number of carbonyl (C=O) groups is 1. The number of rotatable bonds is 4. The van der Waals surface area contributed by atoms with E-state index in [0.29, 0.717) is 22.8 Å². The average Bonchev–Trinajstić information content (AvgIpc) is 2.56. The van der Waals surface area contributed by atoms with Crippen molar-refractivity contribution in [2.75, 3.05) is 0 Å². The number of aromatic nitrogens is 2. The first-order valence-corrected chi connectivity index (χ1v) is 6.63. The highest BCUT2D eigenvalue weighted by Crippen LogP contribution is 2.30. The fourth-order valence-electron chi connectivity index (χ4n) is 2.03. The van der Waals surface area contributed by atoms with Crippen LogP contribution >= 0.6 is 0 Å². The lowest BCUT2D eigenvalue weighted by molar-refractivity contribution is 0.112. The predicted octanol–water partition coefficient (Wildman–Crippen LogP) is 3.04. The third-order valence-corrected chi connectivity index (χ3v) is 3.09. The van der Waals surface area contributed by atoms with Crippen LogP contribution in [0.1, 0.15) is 10.4 Å². The first-order chi connectivity index (χ1) is 10.8. The summed E-state index contributed by atoms with van der Waals surface area (Å²) in [6.45, 7) is 0. The monoisotopic (exact) mass is 292 g/mol. The molecule has 5 nitrogen and oxygen atoms in total. The SMILES string of the molecule is O=Cc1ccc(Oc2ncccc2-c2cc[nH]c(=O)c2)cc1. The predicted molar refractivity (Wildman–Crippen MR) is 82.2 cm³/mol. The maximum Gasteiger partial charge on any atom is 0.248 e. The Kier molecular flexibility index (Phi) is 3.78. The van der Waals surface area contributed by atoms with Crippen molar-refractivity contribution < 1.29 is 9.53 Å². The van der Waals surface area contributed by atoms with E-state index >= 15 is 0 Å². The van der Waals surface area contributed by atoms with Crippen molar-refractivity contribution in [1.82, 2.24) is 9.97 Å². The van der Waals surface area contributed by atoms with Gasteiger partial charge in [-0.2, -0.15) is 0 Å². The zero-order valence-corrected chi connectivity index (χ0v) is 11.5. The summed E-state index contributed by atoms with van der Waals surface area (Å²) in [5.41, 5.74) is 1.82. The van der Waals surface area contributed by atoms with Gasteiger partial charge in [0.15, 0.2) is 0 Å². The van der Waals surface area contributed by atoms with Gasteiger partial charge in [0, 0.05) is 29.6 Å². The molecule has 0 aliphatic rings. The van der Waals surface area contributed by atoms with Crippen LogP contribution in [-0.2, 0) is 0 Å². The van der Waals surface area contributed by atoms with Crippen LogP contribution in [0.5, 0.6) is 11.6 Å². The second kappa shape index (κ2) is 6.05. The summed E-state index contributed by atoms with van der Waals surface area (Å²) in [7, 11) is 0. The minimum Gasteiger partial charge on any atom is -0.438 e. The van der Waals surface area contributed by atoms with Crippen LogP contribution in [-0.4, -0.2) is 16.3 Å². The van der Waals surface area contributed by atoms with E-state index in [9.17, 15) is 9.59 Å². The summed E-state index contributed by atoms with van der Waals surface area (Å²) < 4.78 is 5.76. The standard InChI is InChI=1S/C17H12N2O3/c20-11-12-3-5-14(6-4-12)22-17-15(2-1-8-19-17)13-7-9-18-16(21)10-13/h1-11H,(H,18,21). The summed E-state index contributed by atoms with van der Waals surface area (Å²) in [6.07, 6.45) is 3.96. The molecule has 3 rings (SSSR count). The van der Waals surface area contributed by atoms with E-state index < -0.39 is 0 Å². The van der Waals surface area contributed by atoms with Crippen LogP contribution in [0.25, 0.3) is 11.1 Å². The van der Waals surface area contributed by atoms with Gasteiger partial charge in [-0.25, -0.2) is 4.98 Å². The number of hydrogen-bond acceptors (Lipinski definition) is 4. The lowest BCUT2D eigenvalue weighted by atomic mass is 10.1. The van der Waals surface area contributed by atoms with Crippen molar-refractivity contribution in [2.45, 2.75) is 0 Å². The van der Waals surface area contributed by atoms with Crippen molar-refractivity contribution in [2.24, 2.45) is 0 Å². The van der Waals surface area contributed by atoms with E-state index in [2.05, 4.69) is 9.97 Å². The Morgan fingerprint density at radius 3 is 2.64 bits per heavy atom. The number of nitrogens with one attached hydrogen (secondary N) is 1. The minimum absolute atomic E-state index is 0.192. The number of ether oxygens (including phenoxy) is 1. The molecule has 0 saturated carbocycles. The van der Waals surface area contributed by atoms with Gasteiger partial charge in [0.05, 0.1) is 0 Å². The Balaban J connectivity index is 1.97.